The lowest BCUT2D eigenvalue weighted by atomic mass is 9.91. The molecule has 0 saturated carbocycles. The van der Waals surface area contributed by atoms with E-state index >= 15 is 0 Å². The van der Waals surface area contributed by atoms with Crippen molar-refractivity contribution in [3.05, 3.63) is 108 Å². The summed E-state index contributed by atoms with van der Waals surface area (Å²) in [6.45, 7) is 12.6. The lowest BCUT2D eigenvalue weighted by molar-refractivity contribution is 0.730. The number of hydrogen-bond acceptors (Lipinski definition) is 6. The van der Waals surface area contributed by atoms with Gasteiger partial charge in [-0.3, -0.25) is 15.0 Å². The molecule has 0 aliphatic heterocycles. The van der Waals surface area contributed by atoms with Gasteiger partial charge in [-0.05, 0) is 94.6 Å². The maximum Gasteiger partial charge on any atom is 0.326 e. The van der Waals surface area contributed by atoms with Gasteiger partial charge in [0.2, 0.25) is 0 Å². The smallest absolute Gasteiger partial charge is 0.326 e. The highest BCUT2D eigenvalue weighted by atomic mass is 15.5. The van der Waals surface area contributed by atoms with Crippen LogP contribution in [0.4, 0.5) is 0 Å². The number of rotatable bonds is 6. The Labute approximate surface area is 233 Å². The molecule has 10 heteroatoms. The van der Waals surface area contributed by atoms with Gasteiger partial charge >= 0.3 is 7.12 Å². The summed E-state index contributed by atoms with van der Waals surface area (Å²) in [4.78, 5) is 12.6. The molecule has 0 spiro atoms. The fraction of sp³-hybridized carbons (Fsp3) is 0.200. The fourth-order valence-electron chi connectivity index (χ4n) is 6.11. The molecule has 0 atom stereocenters. The summed E-state index contributed by atoms with van der Waals surface area (Å²) in [7, 11) is -1.66. The molecule has 0 unspecified atom stereocenters. The largest absolute Gasteiger partial charge is 0.400 e. The van der Waals surface area contributed by atoms with Gasteiger partial charge in [-0.2, -0.15) is 0 Å². The Morgan fingerprint density at radius 2 is 0.675 bits per heavy atom. The highest BCUT2D eigenvalue weighted by Crippen LogP contribution is 2.32. The van der Waals surface area contributed by atoms with Crippen LogP contribution in [0, 0.1) is 41.5 Å². The van der Waals surface area contributed by atoms with Crippen molar-refractivity contribution in [1.29, 1.82) is 0 Å². The Hall–Kier alpha value is -4.86. The van der Waals surface area contributed by atoms with Crippen molar-refractivity contribution in [3.8, 4) is 33.4 Å². The van der Waals surface area contributed by atoms with Crippen molar-refractivity contribution in [3.63, 3.8) is 0 Å². The minimum atomic E-state index is -1.66. The molecule has 6 aromatic rings. The van der Waals surface area contributed by atoms with Crippen LogP contribution in [0.15, 0.2) is 73.6 Å². The van der Waals surface area contributed by atoms with Gasteiger partial charge in [0.25, 0.3) is 0 Å². The minimum Gasteiger partial charge on any atom is -0.400 e. The van der Waals surface area contributed by atoms with Crippen molar-refractivity contribution in [2.45, 2.75) is 41.5 Å². The van der Waals surface area contributed by atoms with Crippen LogP contribution in [-0.4, -0.2) is 51.1 Å². The quantitative estimate of drug-likeness (QED) is 0.284. The predicted molar refractivity (Wildman–Crippen MR) is 158 cm³/mol. The van der Waals surface area contributed by atoms with E-state index in [1.165, 1.54) is 0 Å². The number of nitrogens with zero attached hydrogens (tertiary/aromatic N) is 9. The van der Waals surface area contributed by atoms with E-state index in [0.29, 0.717) is 0 Å². The zero-order chi connectivity index (χ0) is 28.0. The Kier molecular flexibility index (Phi) is 6.38. The first-order valence-electron chi connectivity index (χ1n) is 13.4. The van der Waals surface area contributed by atoms with E-state index in [1.807, 2.05) is 73.6 Å². The van der Waals surface area contributed by atoms with E-state index in [1.54, 1.807) is 0 Å². The van der Waals surface area contributed by atoms with Gasteiger partial charge in [0.05, 0.1) is 17.1 Å². The van der Waals surface area contributed by atoms with Crippen LogP contribution in [0.2, 0.25) is 0 Å². The molecule has 6 rings (SSSR count). The molecule has 0 amide bonds. The summed E-state index contributed by atoms with van der Waals surface area (Å²) < 4.78 is 6.36. The molecule has 0 fully saturated rings. The molecule has 0 bridgehead atoms. The SMILES string of the molecule is Cc1nn([BH-](n2nc(C)c(-c3ccncc3)c2C)n2nc(C)c(-c3ccncc3)c2C)c(C)c1-c1ccncc1. The van der Waals surface area contributed by atoms with Crippen LogP contribution in [0.25, 0.3) is 33.4 Å². The lowest BCUT2D eigenvalue weighted by Gasteiger charge is -2.31. The third-order valence-electron chi connectivity index (χ3n) is 7.86. The molecule has 0 radical (unpaired) electrons. The molecule has 0 aromatic carbocycles. The van der Waals surface area contributed by atoms with Crippen LogP contribution in [-0.2, 0) is 0 Å². The molecule has 0 aliphatic rings. The van der Waals surface area contributed by atoms with E-state index in [9.17, 15) is 0 Å². The van der Waals surface area contributed by atoms with Crippen molar-refractivity contribution >= 4 is 7.12 Å². The molecule has 6 aromatic heterocycles. The highest BCUT2D eigenvalue weighted by molar-refractivity contribution is 6.53. The first-order chi connectivity index (χ1) is 19.4. The Morgan fingerprint density at radius 3 is 0.925 bits per heavy atom. The second-order valence-electron chi connectivity index (χ2n) is 10.3. The van der Waals surface area contributed by atoms with Gasteiger partial charge in [-0.15, -0.1) is 0 Å². The predicted octanol–water partition coefficient (Wildman–Crippen LogP) is 4.97. The van der Waals surface area contributed by atoms with Crippen molar-refractivity contribution in [1.82, 2.24) is 44.0 Å². The molecule has 200 valence electrons. The van der Waals surface area contributed by atoms with Gasteiger partial charge in [0, 0.05) is 71.0 Å². The zero-order valence-corrected chi connectivity index (χ0v) is 23.7. The van der Waals surface area contributed by atoms with Crippen LogP contribution < -0.4 is 0 Å². The Balaban J connectivity index is 1.62. The summed E-state index contributed by atoms with van der Waals surface area (Å²) in [5, 5.41) is 15.4. The summed E-state index contributed by atoms with van der Waals surface area (Å²) in [6, 6.07) is 12.2. The molecular formula is C30H31BN9-. The van der Waals surface area contributed by atoms with E-state index in [0.717, 1.165) is 67.5 Å². The number of aryl methyl sites for hydroxylation is 3. The molecule has 40 heavy (non-hydrogen) atoms. The average molecular weight is 528 g/mol. The lowest BCUT2D eigenvalue weighted by Crippen LogP contribution is -2.45. The third kappa shape index (κ3) is 4.12. The van der Waals surface area contributed by atoms with Gasteiger partial charge in [-0.1, -0.05) is 0 Å². The van der Waals surface area contributed by atoms with E-state index in [2.05, 4.69) is 70.3 Å². The topological polar surface area (TPSA) is 92.1 Å². The van der Waals surface area contributed by atoms with Crippen LogP contribution in [0.5, 0.6) is 0 Å². The molecule has 6 heterocycles. The molecule has 0 aliphatic carbocycles. The first-order valence-corrected chi connectivity index (χ1v) is 13.4. The third-order valence-corrected chi connectivity index (χ3v) is 7.86. The van der Waals surface area contributed by atoms with Crippen molar-refractivity contribution in [2.24, 2.45) is 0 Å². The second kappa shape index (κ2) is 10.0. The summed E-state index contributed by atoms with van der Waals surface area (Å²) in [5.74, 6) is 0. The number of pyridine rings is 3. The van der Waals surface area contributed by atoms with Crippen molar-refractivity contribution in [2.75, 3.05) is 0 Å². The second-order valence-corrected chi connectivity index (χ2v) is 10.3. The maximum absolute atomic E-state index is 5.14. The molecular weight excluding hydrogens is 497 g/mol. The summed E-state index contributed by atoms with van der Waals surface area (Å²) in [6.07, 6.45) is 10.9. The van der Waals surface area contributed by atoms with Gasteiger partial charge in [0.1, 0.15) is 0 Å². The minimum absolute atomic E-state index is 0.952. The zero-order valence-electron chi connectivity index (χ0n) is 23.7. The Bertz CT molecular complexity index is 1590. The number of aromatic nitrogens is 9. The van der Waals surface area contributed by atoms with Gasteiger partial charge in [-0.25, -0.2) is 15.3 Å². The normalized spacial score (nSPS) is 11.5. The summed E-state index contributed by atoms with van der Waals surface area (Å²) >= 11 is 0. The van der Waals surface area contributed by atoms with Crippen LogP contribution in [0.3, 0.4) is 0 Å². The molecule has 0 N–H and O–H groups in total. The maximum atomic E-state index is 5.14. The highest BCUT2D eigenvalue weighted by Gasteiger charge is 2.26. The Morgan fingerprint density at radius 1 is 0.425 bits per heavy atom. The van der Waals surface area contributed by atoms with E-state index in [-0.39, 0.29) is 0 Å². The number of hydrogen-bond donors (Lipinski definition) is 0. The average Bonchev–Trinajstić information content (AvgIpc) is 3.54. The van der Waals surface area contributed by atoms with Crippen molar-refractivity contribution < 1.29 is 0 Å². The molecule has 0 saturated heterocycles. The van der Waals surface area contributed by atoms with Gasteiger partial charge in [0.15, 0.2) is 0 Å². The van der Waals surface area contributed by atoms with Gasteiger partial charge < -0.3 is 13.8 Å². The van der Waals surface area contributed by atoms with E-state index in [4.69, 9.17) is 15.3 Å². The fourth-order valence-corrected chi connectivity index (χ4v) is 6.11. The van der Waals surface area contributed by atoms with Crippen LogP contribution >= 0.6 is 0 Å². The summed E-state index contributed by atoms with van der Waals surface area (Å²) in [5.41, 5.74) is 12.6. The van der Waals surface area contributed by atoms with E-state index < -0.39 is 7.12 Å². The molecule has 9 nitrogen and oxygen atoms in total. The van der Waals surface area contributed by atoms with Crippen LogP contribution in [0.1, 0.15) is 34.2 Å². The first kappa shape index (κ1) is 25.4. The standard InChI is InChI=1S/C30H31BN9/c1-19-28(25-7-13-32-14-8-25)22(4)38(35-19)31(39-23(5)29(20(2)36-39)26-9-15-33-16-10-26)40-24(6)30(21(3)37-40)27-11-17-34-18-12-27/h7-18,31H,1-6H3/q-1. The monoisotopic (exact) mass is 528 g/mol.